The van der Waals surface area contributed by atoms with Crippen LogP contribution in [0.15, 0.2) is 11.0 Å². The van der Waals surface area contributed by atoms with Gasteiger partial charge >= 0.3 is 0 Å². The van der Waals surface area contributed by atoms with E-state index < -0.39 is 0 Å². The molecule has 0 spiro atoms. The highest BCUT2D eigenvalue weighted by molar-refractivity contribution is 6.32. The van der Waals surface area contributed by atoms with Crippen molar-refractivity contribution in [2.24, 2.45) is 0 Å². The zero-order valence-electron chi connectivity index (χ0n) is 11.8. The maximum Gasteiger partial charge on any atom is 0.287 e. The molecule has 0 bridgehead atoms. The van der Waals surface area contributed by atoms with Crippen molar-refractivity contribution >= 4 is 17.3 Å². The van der Waals surface area contributed by atoms with Gasteiger partial charge in [0.05, 0.1) is 18.5 Å². The lowest BCUT2D eigenvalue weighted by Gasteiger charge is -2.18. The van der Waals surface area contributed by atoms with Crippen LogP contribution in [-0.2, 0) is 11.3 Å². The lowest BCUT2D eigenvalue weighted by atomic mass is 10.2. The molecule has 1 heterocycles. The van der Waals surface area contributed by atoms with Gasteiger partial charge < -0.3 is 10.1 Å². The number of aryl methyl sites for hydroxylation is 1. The molecule has 0 aliphatic heterocycles. The van der Waals surface area contributed by atoms with Crippen molar-refractivity contribution in [1.82, 2.24) is 9.78 Å². The SMILES string of the molecule is CCCCn1ncc(NC(CC)COC)c(Cl)c1=O. The van der Waals surface area contributed by atoms with Crippen LogP contribution in [0.3, 0.4) is 0 Å². The number of unbranched alkanes of at least 4 members (excludes halogenated alkanes) is 1. The Morgan fingerprint density at radius 3 is 2.84 bits per heavy atom. The van der Waals surface area contributed by atoms with Gasteiger partial charge in [-0.3, -0.25) is 4.79 Å². The second-order valence-electron chi connectivity index (χ2n) is 4.46. The number of aromatic nitrogens is 2. The second kappa shape index (κ2) is 8.17. The van der Waals surface area contributed by atoms with Crippen LogP contribution < -0.4 is 10.9 Å². The number of hydrogen-bond donors (Lipinski definition) is 1. The normalized spacial score (nSPS) is 12.4. The third-order valence-electron chi connectivity index (χ3n) is 2.93. The number of nitrogens with zero attached hydrogens (tertiary/aromatic N) is 2. The molecule has 1 aromatic rings. The van der Waals surface area contributed by atoms with Crippen LogP contribution in [0.1, 0.15) is 33.1 Å². The van der Waals surface area contributed by atoms with E-state index in [1.54, 1.807) is 13.3 Å². The number of halogens is 1. The van der Waals surface area contributed by atoms with Gasteiger partial charge in [0.15, 0.2) is 0 Å². The van der Waals surface area contributed by atoms with E-state index in [1.807, 2.05) is 6.92 Å². The zero-order valence-corrected chi connectivity index (χ0v) is 12.5. The minimum Gasteiger partial charge on any atom is -0.383 e. The number of methoxy groups -OCH3 is 1. The molecule has 1 atom stereocenters. The Bertz CT molecular complexity index is 448. The summed E-state index contributed by atoms with van der Waals surface area (Å²) in [7, 11) is 1.65. The molecule has 1 N–H and O–H groups in total. The fourth-order valence-corrected chi connectivity index (χ4v) is 1.92. The van der Waals surface area contributed by atoms with Crippen LogP contribution >= 0.6 is 11.6 Å². The lowest BCUT2D eigenvalue weighted by molar-refractivity contribution is 0.184. The molecule has 0 aromatic carbocycles. The molecule has 1 rings (SSSR count). The molecule has 1 unspecified atom stereocenters. The summed E-state index contributed by atoms with van der Waals surface area (Å²) in [5.74, 6) is 0. The molecule has 5 nitrogen and oxygen atoms in total. The fraction of sp³-hybridized carbons (Fsp3) is 0.692. The van der Waals surface area contributed by atoms with Crippen molar-refractivity contribution in [2.75, 3.05) is 19.0 Å². The number of ether oxygens (including phenoxy) is 1. The van der Waals surface area contributed by atoms with Gasteiger partial charge in [-0.15, -0.1) is 0 Å². The van der Waals surface area contributed by atoms with Gasteiger partial charge in [-0.05, 0) is 12.8 Å². The van der Waals surface area contributed by atoms with E-state index in [2.05, 4.69) is 17.3 Å². The topological polar surface area (TPSA) is 56.1 Å². The summed E-state index contributed by atoms with van der Waals surface area (Å²) in [6, 6.07) is 0.121. The molecule has 0 saturated heterocycles. The van der Waals surface area contributed by atoms with Gasteiger partial charge in [0.1, 0.15) is 5.02 Å². The first kappa shape index (κ1) is 16.0. The van der Waals surface area contributed by atoms with Crippen molar-refractivity contribution in [3.05, 3.63) is 21.6 Å². The molecule has 1 aromatic heterocycles. The van der Waals surface area contributed by atoms with Gasteiger partial charge in [-0.25, -0.2) is 4.68 Å². The van der Waals surface area contributed by atoms with E-state index in [1.165, 1.54) is 4.68 Å². The molecule has 6 heteroatoms. The maximum absolute atomic E-state index is 12.0. The van der Waals surface area contributed by atoms with Crippen LogP contribution in [0.4, 0.5) is 5.69 Å². The first-order valence-corrected chi connectivity index (χ1v) is 7.02. The van der Waals surface area contributed by atoms with Gasteiger partial charge in [-0.2, -0.15) is 5.10 Å². The predicted octanol–water partition coefficient (Wildman–Crippen LogP) is 2.53. The molecular formula is C13H22ClN3O2. The average Bonchev–Trinajstić information content (AvgIpc) is 2.42. The Hall–Kier alpha value is -1.07. The Kier molecular flexibility index (Phi) is 6.87. The van der Waals surface area contributed by atoms with Gasteiger partial charge in [0.25, 0.3) is 5.56 Å². The standard InChI is InChI=1S/C13H22ClN3O2/c1-4-6-7-17-13(18)12(14)11(8-15-17)16-10(5-2)9-19-3/h8,10,16H,4-7,9H2,1-3H3. The van der Waals surface area contributed by atoms with E-state index in [4.69, 9.17) is 16.3 Å². The Morgan fingerprint density at radius 2 is 2.26 bits per heavy atom. The molecule has 0 aliphatic carbocycles. The van der Waals surface area contributed by atoms with Crippen molar-refractivity contribution in [2.45, 2.75) is 45.7 Å². The van der Waals surface area contributed by atoms with Gasteiger partial charge in [0.2, 0.25) is 0 Å². The van der Waals surface area contributed by atoms with E-state index in [9.17, 15) is 4.79 Å². The number of rotatable bonds is 8. The summed E-state index contributed by atoms with van der Waals surface area (Å²) < 4.78 is 6.52. The molecule has 108 valence electrons. The van der Waals surface area contributed by atoms with Crippen LogP contribution in [0, 0.1) is 0 Å². The molecule has 0 amide bonds. The minimum absolute atomic E-state index is 0.121. The smallest absolute Gasteiger partial charge is 0.287 e. The van der Waals surface area contributed by atoms with Crippen LogP contribution in [-0.4, -0.2) is 29.5 Å². The summed E-state index contributed by atoms with van der Waals surface area (Å²) >= 11 is 6.10. The van der Waals surface area contributed by atoms with Crippen LogP contribution in [0.5, 0.6) is 0 Å². The van der Waals surface area contributed by atoms with E-state index in [0.717, 1.165) is 19.3 Å². The van der Waals surface area contributed by atoms with Crippen LogP contribution in [0.2, 0.25) is 5.02 Å². The number of hydrogen-bond acceptors (Lipinski definition) is 4. The molecule has 0 radical (unpaired) electrons. The minimum atomic E-state index is -0.243. The number of anilines is 1. The van der Waals surface area contributed by atoms with Crippen molar-refractivity contribution < 1.29 is 4.74 Å². The van der Waals surface area contributed by atoms with E-state index in [0.29, 0.717) is 18.8 Å². The Morgan fingerprint density at radius 1 is 1.53 bits per heavy atom. The summed E-state index contributed by atoms with van der Waals surface area (Å²) in [6.45, 7) is 5.27. The summed E-state index contributed by atoms with van der Waals surface area (Å²) in [5, 5.41) is 7.52. The van der Waals surface area contributed by atoms with Gasteiger partial charge in [-0.1, -0.05) is 31.9 Å². The molecule has 19 heavy (non-hydrogen) atoms. The maximum atomic E-state index is 12.0. The summed E-state index contributed by atoms with van der Waals surface area (Å²) in [6.07, 6.45) is 4.41. The fourth-order valence-electron chi connectivity index (χ4n) is 1.72. The largest absolute Gasteiger partial charge is 0.383 e. The first-order valence-electron chi connectivity index (χ1n) is 6.65. The second-order valence-corrected chi connectivity index (χ2v) is 4.84. The molecule has 0 aliphatic rings. The molecule has 0 saturated carbocycles. The summed E-state index contributed by atoms with van der Waals surface area (Å²) in [5.41, 5.74) is 0.329. The summed E-state index contributed by atoms with van der Waals surface area (Å²) in [4.78, 5) is 12.0. The Balaban J connectivity index is 2.86. The third kappa shape index (κ3) is 4.51. The van der Waals surface area contributed by atoms with Crippen molar-refractivity contribution in [3.63, 3.8) is 0 Å². The van der Waals surface area contributed by atoms with E-state index in [-0.39, 0.29) is 16.6 Å². The van der Waals surface area contributed by atoms with Gasteiger partial charge in [0, 0.05) is 19.7 Å². The highest BCUT2D eigenvalue weighted by Crippen LogP contribution is 2.17. The van der Waals surface area contributed by atoms with Crippen molar-refractivity contribution in [1.29, 1.82) is 0 Å². The number of nitrogens with one attached hydrogen (secondary N) is 1. The monoisotopic (exact) mass is 287 g/mol. The average molecular weight is 288 g/mol. The highest BCUT2D eigenvalue weighted by atomic mass is 35.5. The zero-order chi connectivity index (χ0) is 14.3. The van der Waals surface area contributed by atoms with Crippen molar-refractivity contribution in [3.8, 4) is 0 Å². The third-order valence-corrected chi connectivity index (χ3v) is 3.29. The molecular weight excluding hydrogens is 266 g/mol. The van der Waals surface area contributed by atoms with Crippen LogP contribution in [0.25, 0.3) is 0 Å². The Labute approximate surface area is 118 Å². The first-order chi connectivity index (χ1) is 9.13. The quantitative estimate of drug-likeness (QED) is 0.798. The molecule has 0 fully saturated rings. The lowest BCUT2D eigenvalue weighted by Crippen LogP contribution is -2.28. The van der Waals surface area contributed by atoms with E-state index >= 15 is 0 Å². The highest BCUT2D eigenvalue weighted by Gasteiger charge is 2.12. The predicted molar refractivity (Wildman–Crippen MR) is 78.0 cm³/mol.